The van der Waals surface area contributed by atoms with Crippen LogP contribution in [-0.4, -0.2) is 15.0 Å². The fourth-order valence-corrected chi connectivity index (χ4v) is 7.73. The molecule has 0 aliphatic rings. The van der Waals surface area contributed by atoms with Crippen molar-refractivity contribution in [3.63, 3.8) is 0 Å². The van der Waals surface area contributed by atoms with Gasteiger partial charge in [0.05, 0.1) is 0 Å². The number of fused-ring (bicyclic) bond motifs is 9. The van der Waals surface area contributed by atoms with E-state index in [9.17, 15) is 0 Å². The van der Waals surface area contributed by atoms with Crippen molar-refractivity contribution in [3.05, 3.63) is 164 Å². The van der Waals surface area contributed by atoms with Gasteiger partial charge in [-0.25, -0.2) is 15.0 Å². The Morgan fingerprint density at radius 2 is 0.962 bits per heavy atom. The van der Waals surface area contributed by atoms with Crippen LogP contribution in [0.5, 0.6) is 0 Å². The molecule has 3 heterocycles. The van der Waals surface area contributed by atoms with Crippen molar-refractivity contribution in [1.29, 1.82) is 0 Å². The molecular formula is C47H27N3O2. The molecule has 0 fully saturated rings. The van der Waals surface area contributed by atoms with E-state index < -0.39 is 0 Å². The molecule has 11 aromatic rings. The lowest BCUT2D eigenvalue weighted by molar-refractivity contribution is 0.668. The van der Waals surface area contributed by atoms with Gasteiger partial charge in [0, 0.05) is 43.8 Å². The minimum absolute atomic E-state index is 0.587. The molecule has 0 saturated carbocycles. The summed E-state index contributed by atoms with van der Waals surface area (Å²) in [5.41, 5.74) is 8.08. The number of aromatic nitrogens is 3. The van der Waals surface area contributed by atoms with E-state index in [1.807, 2.05) is 60.7 Å². The maximum Gasteiger partial charge on any atom is 0.164 e. The van der Waals surface area contributed by atoms with Gasteiger partial charge in [-0.3, -0.25) is 0 Å². The SMILES string of the molecule is c1ccc(-c2nc(-c3cc4ccccc4c4ccccc34)nc(-c3cccc4oc5c(-c6ccc7c(c6)oc6ccccc67)cccc5c34)n2)cc1. The highest BCUT2D eigenvalue weighted by Crippen LogP contribution is 2.42. The Morgan fingerprint density at radius 1 is 0.327 bits per heavy atom. The van der Waals surface area contributed by atoms with Crippen molar-refractivity contribution in [3.8, 4) is 45.3 Å². The first-order valence-corrected chi connectivity index (χ1v) is 17.4. The van der Waals surface area contributed by atoms with Crippen LogP contribution >= 0.6 is 0 Å². The van der Waals surface area contributed by atoms with Crippen molar-refractivity contribution in [2.75, 3.05) is 0 Å². The number of hydrogen-bond donors (Lipinski definition) is 0. The fraction of sp³-hybridized carbons (Fsp3) is 0. The Labute approximate surface area is 297 Å². The van der Waals surface area contributed by atoms with Crippen LogP contribution in [0.1, 0.15) is 0 Å². The van der Waals surface area contributed by atoms with E-state index in [2.05, 4.69) is 103 Å². The van der Waals surface area contributed by atoms with Gasteiger partial charge in [0.2, 0.25) is 0 Å². The van der Waals surface area contributed by atoms with Gasteiger partial charge in [-0.1, -0.05) is 133 Å². The second kappa shape index (κ2) is 11.2. The molecule has 0 spiro atoms. The summed E-state index contributed by atoms with van der Waals surface area (Å²) in [5, 5.41) is 8.75. The first-order chi connectivity index (χ1) is 25.8. The van der Waals surface area contributed by atoms with Crippen LogP contribution in [0.25, 0.3) is 111 Å². The Balaban J connectivity index is 1.15. The number of para-hydroxylation sites is 2. The molecule has 0 bridgehead atoms. The summed E-state index contributed by atoms with van der Waals surface area (Å²) in [7, 11) is 0. The van der Waals surface area contributed by atoms with Gasteiger partial charge in [0.15, 0.2) is 17.5 Å². The Kier molecular flexibility index (Phi) is 6.18. The second-order valence-corrected chi connectivity index (χ2v) is 13.1. The number of nitrogens with zero attached hydrogens (tertiary/aromatic N) is 3. The third-order valence-electron chi connectivity index (χ3n) is 10.1. The Morgan fingerprint density at radius 3 is 1.85 bits per heavy atom. The zero-order valence-electron chi connectivity index (χ0n) is 27.7. The predicted octanol–water partition coefficient (Wildman–Crippen LogP) is 12.6. The van der Waals surface area contributed by atoms with Gasteiger partial charge in [0.25, 0.3) is 0 Å². The minimum Gasteiger partial charge on any atom is -0.456 e. The maximum absolute atomic E-state index is 6.70. The quantitative estimate of drug-likeness (QED) is 0.175. The predicted molar refractivity (Wildman–Crippen MR) is 211 cm³/mol. The van der Waals surface area contributed by atoms with Gasteiger partial charge >= 0.3 is 0 Å². The summed E-state index contributed by atoms with van der Waals surface area (Å²) in [6.45, 7) is 0. The van der Waals surface area contributed by atoms with Crippen LogP contribution < -0.4 is 0 Å². The first kappa shape index (κ1) is 28.7. The molecule has 52 heavy (non-hydrogen) atoms. The van der Waals surface area contributed by atoms with Gasteiger partial charge in [-0.15, -0.1) is 0 Å². The van der Waals surface area contributed by atoms with Crippen molar-refractivity contribution < 1.29 is 8.83 Å². The van der Waals surface area contributed by atoms with E-state index in [0.717, 1.165) is 87.9 Å². The molecule has 0 unspecified atom stereocenters. The number of furan rings is 2. The molecular weight excluding hydrogens is 639 g/mol. The molecule has 0 saturated heterocycles. The molecule has 5 nitrogen and oxygen atoms in total. The highest BCUT2D eigenvalue weighted by atomic mass is 16.3. The van der Waals surface area contributed by atoms with Crippen molar-refractivity contribution in [2.45, 2.75) is 0 Å². The minimum atomic E-state index is 0.587. The number of hydrogen-bond acceptors (Lipinski definition) is 5. The van der Waals surface area contributed by atoms with E-state index >= 15 is 0 Å². The largest absolute Gasteiger partial charge is 0.456 e. The monoisotopic (exact) mass is 665 g/mol. The molecule has 3 aromatic heterocycles. The van der Waals surface area contributed by atoms with Crippen LogP contribution in [0, 0.1) is 0 Å². The third kappa shape index (κ3) is 4.39. The van der Waals surface area contributed by atoms with Crippen molar-refractivity contribution in [1.82, 2.24) is 15.0 Å². The summed E-state index contributed by atoms with van der Waals surface area (Å²) in [6.07, 6.45) is 0. The van der Waals surface area contributed by atoms with Crippen molar-refractivity contribution >= 4 is 65.4 Å². The van der Waals surface area contributed by atoms with E-state index in [-0.39, 0.29) is 0 Å². The lowest BCUT2D eigenvalue weighted by Crippen LogP contribution is -2.01. The lowest BCUT2D eigenvalue weighted by Gasteiger charge is -2.12. The maximum atomic E-state index is 6.70. The Hall–Kier alpha value is -7.11. The molecule has 242 valence electrons. The summed E-state index contributed by atoms with van der Waals surface area (Å²) in [6, 6.07) is 56.2. The normalized spacial score (nSPS) is 11.8. The Bertz CT molecular complexity index is 3190. The van der Waals surface area contributed by atoms with E-state index in [1.165, 1.54) is 5.39 Å². The van der Waals surface area contributed by atoms with E-state index in [4.69, 9.17) is 23.8 Å². The summed E-state index contributed by atoms with van der Waals surface area (Å²) >= 11 is 0. The topological polar surface area (TPSA) is 65.0 Å². The highest BCUT2D eigenvalue weighted by Gasteiger charge is 2.21. The molecule has 0 radical (unpaired) electrons. The molecule has 0 N–H and O–H groups in total. The summed E-state index contributed by atoms with van der Waals surface area (Å²) in [4.78, 5) is 15.5. The molecule has 5 heteroatoms. The van der Waals surface area contributed by atoms with Crippen LogP contribution in [0.4, 0.5) is 0 Å². The smallest absolute Gasteiger partial charge is 0.164 e. The van der Waals surface area contributed by atoms with Crippen molar-refractivity contribution in [2.24, 2.45) is 0 Å². The zero-order chi connectivity index (χ0) is 34.2. The molecule has 8 aromatic carbocycles. The van der Waals surface area contributed by atoms with Crippen LogP contribution in [0.15, 0.2) is 173 Å². The van der Waals surface area contributed by atoms with Gasteiger partial charge < -0.3 is 8.83 Å². The van der Waals surface area contributed by atoms with Gasteiger partial charge in [-0.05, 0) is 57.4 Å². The molecule has 0 aliphatic heterocycles. The molecule has 0 amide bonds. The zero-order valence-corrected chi connectivity index (χ0v) is 27.7. The first-order valence-electron chi connectivity index (χ1n) is 17.4. The van der Waals surface area contributed by atoms with E-state index in [0.29, 0.717) is 17.5 Å². The fourth-order valence-electron chi connectivity index (χ4n) is 7.73. The average Bonchev–Trinajstić information content (AvgIpc) is 3.79. The lowest BCUT2D eigenvalue weighted by atomic mass is 9.96. The molecule has 11 rings (SSSR count). The second-order valence-electron chi connectivity index (χ2n) is 13.1. The van der Waals surface area contributed by atoms with Gasteiger partial charge in [-0.2, -0.15) is 0 Å². The average molecular weight is 666 g/mol. The number of benzene rings is 8. The van der Waals surface area contributed by atoms with Gasteiger partial charge in [0.1, 0.15) is 22.3 Å². The molecule has 0 aliphatic carbocycles. The molecule has 0 atom stereocenters. The highest BCUT2D eigenvalue weighted by molar-refractivity contribution is 6.16. The number of rotatable bonds is 4. The summed E-state index contributed by atoms with van der Waals surface area (Å²) in [5.74, 6) is 1.82. The van der Waals surface area contributed by atoms with Crippen LogP contribution in [0.2, 0.25) is 0 Å². The standard InChI is InChI=1S/C47H27N3O2/c1-2-12-28(13-3-1)45-48-46(50-47(49-45)39-26-29-14-4-5-15-31(29)33-16-6-7-17-34(33)39)38-21-11-23-41-43(38)37-20-10-19-32(44(37)52-41)30-24-25-36-35-18-8-9-22-40(35)51-42(36)27-30/h1-27H. The van der Waals surface area contributed by atoms with Crippen LogP contribution in [-0.2, 0) is 0 Å². The third-order valence-corrected chi connectivity index (χ3v) is 10.1. The summed E-state index contributed by atoms with van der Waals surface area (Å²) < 4.78 is 13.0. The van der Waals surface area contributed by atoms with E-state index in [1.54, 1.807) is 0 Å². The van der Waals surface area contributed by atoms with Crippen LogP contribution in [0.3, 0.4) is 0 Å².